The number of carbonyl (C=O) groups is 2. The Bertz CT molecular complexity index is 973. The highest BCUT2D eigenvalue weighted by molar-refractivity contribution is 6.00. The van der Waals surface area contributed by atoms with Crippen LogP contribution in [0.5, 0.6) is 0 Å². The van der Waals surface area contributed by atoms with Gasteiger partial charge in [0.25, 0.3) is 0 Å². The van der Waals surface area contributed by atoms with Gasteiger partial charge in [-0.25, -0.2) is 4.79 Å². The van der Waals surface area contributed by atoms with Gasteiger partial charge < -0.3 is 18.1 Å². The number of ketones is 1. The molecule has 6 nitrogen and oxygen atoms in total. The van der Waals surface area contributed by atoms with Gasteiger partial charge in [0, 0.05) is 23.0 Å². The van der Waals surface area contributed by atoms with Gasteiger partial charge in [0.15, 0.2) is 6.61 Å². The third kappa shape index (κ3) is 4.47. The summed E-state index contributed by atoms with van der Waals surface area (Å²) in [6, 6.07) is 9.06. The summed E-state index contributed by atoms with van der Waals surface area (Å²) >= 11 is 0. The number of hydrogen-bond acceptors (Lipinski definition) is 5. The molecule has 0 aliphatic carbocycles. The highest BCUT2D eigenvalue weighted by atomic mass is 16.5. The molecule has 0 aromatic carbocycles. The summed E-state index contributed by atoms with van der Waals surface area (Å²) < 4.78 is 17.7. The SMILES string of the molecule is Cc1ccc(/C=C/C(=O)OCC(=O)c2cc(C)n(Cc3ccco3)c2C)o1. The Hall–Kier alpha value is -3.28. The summed E-state index contributed by atoms with van der Waals surface area (Å²) in [6.07, 6.45) is 4.37. The van der Waals surface area contributed by atoms with Crippen LogP contribution in [0.1, 0.15) is 39.0 Å². The van der Waals surface area contributed by atoms with Crippen LogP contribution in [0.3, 0.4) is 0 Å². The molecular weight excluding hydrogens is 346 g/mol. The fourth-order valence-corrected chi connectivity index (χ4v) is 2.84. The van der Waals surface area contributed by atoms with E-state index in [4.69, 9.17) is 13.6 Å². The molecule has 6 heteroatoms. The maximum absolute atomic E-state index is 12.5. The van der Waals surface area contributed by atoms with Gasteiger partial charge >= 0.3 is 5.97 Å². The molecule has 0 atom stereocenters. The zero-order valence-corrected chi connectivity index (χ0v) is 15.5. The summed E-state index contributed by atoms with van der Waals surface area (Å²) in [5.41, 5.74) is 2.29. The Balaban J connectivity index is 1.61. The maximum atomic E-state index is 12.5. The van der Waals surface area contributed by atoms with Crippen LogP contribution < -0.4 is 0 Å². The average molecular weight is 367 g/mol. The van der Waals surface area contributed by atoms with Crippen LogP contribution in [0.25, 0.3) is 6.08 Å². The maximum Gasteiger partial charge on any atom is 0.331 e. The monoisotopic (exact) mass is 367 g/mol. The molecule has 3 aromatic heterocycles. The van der Waals surface area contributed by atoms with E-state index in [-0.39, 0.29) is 12.4 Å². The zero-order chi connectivity index (χ0) is 19.4. The molecular formula is C21H21NO5. The van der Waals surface area contributed by atoms with Gasteiger partial charge in [0.05, 0.1) is 12.8 Å². The van der Waals surface area contributed by atoms with Gasteiger partial charge in [-0.3, -0.25) is 4.79 Å². The normalized spacial score (nSPS) is 11.2. The van der Waals surface area contributed by atoms with Crippen LogP contribution in [-0.2, 0) is 16.1 Å². The second kappa shape index (κ2) is 7.95. The van der Waals surface area contributed by atoms with Crippen LogP contribution in [0.2, 0.25) is 0 Å². The number of furan rings is 2. The van der Waals surface area contributed by atoms with E-state index in [1.807, 2.05) is 37.5 Å². The first-order valence-electron chi connectivity index (χ1n) is 8.57. The molecule has 3 rings (SSSR count). The van der Waals surface area contributed by atoms with Crippen LogP contribution in [0.15, 0.2) is 51.5 Å². The van der Waals surface area contributed by atoms with Crippen molar-refractivity contribution in [2.45, 2.75) is 27.3 Å². The van der Waals surface area contributed by atoms with Gasteiger partial charge in [0.2, 0.25) is 5.78 Å². The van der Waals surface area contributed by atoms with E-state index < -0.39 is 5.97 Å². The summed E-state index contributed by atoms with van der Waals surface area (Å²) in [5.74, 6) is 1.27. The molecule has 0 unspecified atom stereocenters. The molecule has 0 N–H and O–H groups in total. The van der Waals surface area contributed by atoms with Crippen molar-refractivity contribution in [3.05, 3.63) is 76.9 Å². The lowest BCUT2D eigenvalue weighted by Crippen LogP contribution is -2.13. The number of rotatable bonds is 7. The lowest BCUT2D eigenvalue weighted by atomic mass is 10.1. The fourth-order valence-electron chi connectivity index (χ4n) is 2.84. The van der Waals surface area contributed by atoms with Gasteiger partial charge in [0.1, 0.15) is 17.3 Å². The standard InChI is InChI=1S/C21H21NO5/c1-14-11-19(16(3)22(14)12-18-5-4-10-25-18)20(23)13-26-21(24)9-8-17-7-6-15(2)27-17/h4-11H,12-13H2,1-3H3/b9-8+. The van der Waals surface area contributed by atoms with Crippen LogP contribution >= 0.6 is 0 Å². The first-order chi connectivity index (χ1) is 12.9. The molecule has 3 heterocycles. The molecule has 0 aliphatic rings. The van der Waals surface area contributed by atoms with Crippen molar-refractivity contribution in [2.24, 2.45) is 0 Å². The lowest BCUT2D eigenvalue weighted by molar-refractivity contribution is -0.136. The number of hydrogen-bond donors (Lipinski definition) is 0. The predicted molar refractivity (Wildman–Crippen MR) is 99.5 cm³/mol. The number of esters is 1. The zero-order valence-electron chi connectivity index (χ0n) is 15.5. The third-order valence-electron chi connectivity index (χ3n) is 4.26. The summed E-state index contributed by atoms with van der Waals surface area (Å²) in [4.78, 5) is 24.3. The van der Waals surface area contributed by atoms with Gasteiger partial charge in [-0.15, -0.1) is 0 Å². The molecule has 0 saturated carbocycles. The van der Waals surface area contributed by atoms with Crippen molar-refractivity contribution in [3.8, 4) is 0 Å². The number of Topliss-reactive ketones (excluding diaryl/α,β-unsaturated/α-hetero) is 1. The molecule has 0 saturated heterocycles. The Morgan fingerprint density at radius 3 is 2.67 bits per heavy atom. The van der Waals surface area contributed by atoms with Gasteiger partial charge in [-0.05, 0) is 57.2 Å². The van der Waals surface area contributed by atoms with Crippen molar-refractivity contribution in [1.82, 2.24) is 4.57 Å². The van der Waals surface area contributed by atoms with Gasteiger partial charge in [-0.1, -0.05) is 0 Å². The molecule has 0 radical (unpaired) electrons. The molecule has 0 fully saturated rings. The molecule has 0 aliphatic heterocycles. The second-order valence-electron chi connectivity index (χ2n) is 6.26. The molecule has 0 amide bonds. The van der Waals surface area contributed by atoms with Crippen molar-refractivity contribution < 1.29 is 23.2 Å². The van der Waals surface area contributed by atoms with E-state index in [9.17, 15) is 9.59 Å². The Morgan fingerprint density at radius 1 is 1.19 bits per heavy atom. The molecule has 27 heavy (non-hydrogen) atoms. The number of aromatic nitrogens is 1. The summed E-state index contributed by atoms with van der Waals surface area (Å²) in [7, 11) is 0. The van der Waals surface area contributed by atoms with Crippen molar-refractivity contribution in [3.63, 3.8) is 0 Å². The van der Waals surface area contributed by atoms with E-state index in [1.165, 1.54) is 12.2 Å². The molecule has 0 bridgehead atoms. The Labute approximate surface area is 157 Å². The van der Waals surface area contributed by atoms with Crippen molar-refractivity contribution in [1.29, 1.82) is 0 Å². The van der Waals surface area contributed by atoms with Crippen LogP contribution in [0, 0.1) is 20.8 Å². The number of aryl methyl sites for hydroxylation is 2. The van der Waals surface area contributed by atoms with Crippen LogP contribution in [-0.4, -0.2) is 22.9 Å². The fraction of sp³-hybridized carbons (Fsp3) is 0.238. The quantitative estimate of drug-likeness (QED) is 0.357. The first-order valence-corrected chi connectivity index (χ1v) is 8.57. The van der Waals surface area contributed by atoms with Crippen molar-refractivity contribution >= 4 is 17.8 Å². The van der Waals surface area contributed by atoms with E-state index >= 15 is 0 Å². The number of carbonyl (C=O) groups excluding carboxylic acids is 2. The van der Waals surface area contributed by atoms with Gasteiger partial charge in [-0.2, -0.15) is 0 Å². The predicted octanol–water partition coefficient (Wildman–Crippen LogP) is 4.09. The highest BCUT2D eigenvalue weighted by Crippen LogP contribution is 2.18. The highest BCUT2D eigenvalue weighted by Gasteiger charge is 2.17. The third-order valence-corrected chi connectivity index (χ3v) is 4.26. The molecule has 3 aromatic rings. The van der Waals surface area contributed by atoms with Crippen molar-refractivity contribution in [2.75, 3.05) is 6.61 Å². The Morgan fingerprint density at radius 2 is 2.00 bits per heavy atom. The lowest BCUT2D eigenvalue weighted by Gasteiger charge is -2.07. The number of ether oxygens (including phenoxy) is 1. The topological polar surface area (TPSA) is 74.6 Å². The second-order valence-corrected chi connectivity index (χ2v) is 6.26. The number of nitrogens with zero attached hydrogens (tertiary/aromatic N) is 1. The minimum absolute atomic E-state index is 0.246. The summed E-state index contributed by atoms with van der Waals surface area (Å²) in [5, 5.41) is 0. The molecule has 140 valence electrons. The minimum Gasteiger partial charge on any atom is -0.467 e. The average Bonchev–Trinajstić information content (AvgIpc) is 3.36. The van der Waals surface area contributed by atoms with E-state index in [1.54, 1.807) is 24.5 Å². The molecule has 0 spiro atoms. The van der Waals surface area contributed by atoms with E-state index in [0.717, 1.165) is 22.9 Å². The van der Waals surface area contributed by atoms with E-state index in [2.05, 4.69) is 0 Å². The summed E-state index contributed by atoms with van der Waals surface area (Å²) in [6.45, 7) is 5.84. The van der Waals surface area contributed by atoms with E-state index in [0.29, 0.717) is 17.9 Å². The van der Waals surface area contributed by atoms with Crippen LogP contribution in [0.4, 0.5) is 0 Å². The minimum atomic E-state index is -0.596. The largest absolute Gasteiger partial charge is 0.467 e. The Kier molecular flexibility index (Phi) is 5.45. The first kappa shape index (κ1) is 18.5. The smallest absolute Gasteiger partial charge is 0.331 e.